The average Bonchev–Trinajstić information content (AvgIpc) is 2.87. The second-order valence-electron chi connectivity index (χ2n) is 11.7. The highest BCUT2D eigenvalue weighted by atomic mass is 35.5. The average molecular weight is 634 g/mol. The van der Waals surface area contributed by atoms with Gasteiger partial charge in [-0.05, 0) is 76.3 Å². The van der Waals surface area contributed by atoms with Crippen LogP contribution >= 0.6 is 23.2 Å². The second-order valence-corrected chi connectivity index (χ2v) is 12.5. The van der Waals surface area contributed by atoms with Crippen LogP contribution < -0.4 is 31.5 Å². The zero-order chi connectivity index (χ0) is 33.0. The lowest BCUT2D eigenvalue weighted by molar-refractivity contribution is -0.154. The third-order valence-electron chi connectivity index (χ3n) is 5.91. The number of esters is 2. The highest BCUT2D eigenvalue weighted by molar-refractivity contribution is 6.37. The lowest BCUT2D eigenvalue weighted by Gasteiger charge is -2.20. The highest BCUT2D eigenvalue weighted by Gasteiger charge is 2.23. The Kier molecular flexibility index (Phi) is 11.2. The van der Waals surface area contributed by atoms with Crippen LogP contribution in [0.15, 0.2) is 12.1 Å². The SMILES string of the molecule is C=c1c(C(=O)NCC(=O)OC(C)(C)C)cc(Cl)c(-c2c(Cl)cc(C(=O)NCC(=O)OC(C)(C)C)c(=C)/c2=C(\C)OC)c1=C. The van der Waals surface area contributed by atoms with E-state index >= 15 is 0 Å². The van der Waals surface area contributed by atoms with Crippen molar-refractivity contribution in [2.24, 2.45) is 0 Å². The fourth-order valence-electron chi connectivity index (χ4n) is 4.10. The maximum Gasteiger partial charge on any atom is 0.325 e. The molecule has 0 atom stereocenters. The van der Waals surface area contributed by atoms with Crippen LogP contribution in [0.1, 0.15) is 69.2 Å². The molecule has 0 aliphatic rings. The van der Waals surface area contributed by atoms with E-state index in [0.717, 1.165) is 0 Å². The first-order valence-electron chi connectivity index (χ1n) is 13.3. The van der Waals surface area contributed by atoms with Crippen molar-refractivity contribution in [3.8, 4) is 11.1 Å². The fraction of sp³-hybridized carbons (Fsp3) is 0.375. The Bertz CT molecular complexity index is 1690. The van der Waals surface area contributed by atoms with Crippen molar-refractivity contribution in [3.63, 3.8) is 0 Å². The summed E-state index contributed by atoms with van der Waals surface area (Å²) >= 11 is 13.5. The van der Waals surface area contributed by atoms with E-state index in [1.165, 1.54) is 19.2 Å². The molecule has 0 aliphatic carbocycles. The number of nitrogens with one attached hydrogen (secondary N) is 2. The van der Waals surface area contributed by atoms with Gasteiger partial charge in [-0.2, -0.15) is 0 Å². The quantitative estimate of drug-likeness (QED) is 0.430. The first-order chi connectivity index (χ1) is 19.7. The Morgan fingerprint density at radius 3 is 1.51 bits per heavy atom. The summed E-state index contributed by atoms with van der Waals surface area (Å²) in [6.07, 6.45) is 0. The smallest absolute Gasteiger partial charge is 0.325 e. The summed E-state index contributed by atoms with van der Waals surface area (Å²) in [5.41, 5.74) is -0.527. The van der Waals surface area contributed by atoms with Gasteiger partial charge in [-0.25, -0.2) is 0 Å². The van der Waals surface area contributed by atoms with Crippen LogP contribution in [0, 0.1) is 0 Å². The molecule has 0 radical (unpaired) electrons. The van der Waals surface area contributed by atoms with Crippen molar-refractivity contribution in [1.29, 1.82) is 0 Å². The van der Waals surface area contributed by atoms with Gasteiger partial charge in [-0.3, -0.25) is 19.2 Å². The van der Waals surface area contributed by atoms with Crippen LogP contribution in [0.2, 0.25) is 10.0 Å². The van der Waals surface area contributed by atoms with Crippen LogP contribution in [-0.4, -0.2) is 55.2 Å². The van der Waals surface area contributed by atoms with Crippen molar-refractivity contribution in [1.82, 2.24) is 10.6 Å². The number of halogens is 2. The van der Waals surface area contributed by atoms with E-state index in [-0.39, 0.29) is 49.9 Å². The van der Waals surface area contributed by atoms with Gasteiger partial charge in [0.1, 0.15) is 30.1 Å². The predicted molar refractivity (Wildman–Crippen MR) is 169 cm³/mol. The molecule has 0 aromatic heterocycles. The Balaban J connectivity index is 2.60. The number of hydrogen-bond donors (Lipinski definition) is 2. The number of carbonyl (C=O) groups excluding carboxylic acids is 4. The molecule has 232 valence electrons. The topological polar surface area (TPSA) is 120 Å². The van der Waals surface area contributed by atoms with Gasteiger partial charge < -0.3 is 24.8 Å². The van der Waals surface area contributed by atoms with Crippen molar-refractivity contribution >= 4 is 72.5 Å². The molecule has 0 fully saturated rings. The van der Waals surface area contributed by atoms with Crippen molar-refractivity contribution in [2.75, 3.05) is 20.2 Å². The lowest BCUT2D eigenvalue weighted by Crippen LogP contribution is -2.42. The first kappa shape index (κ1) is 35.4. The van der Waals surface area contributed by atoms with Crippen molar-refractivity contribution in [3.05, 3.63) is 54.2 Å². The van der Waals surface area contributed by atoms with E-state index < -0.39 is 35.0 Å². The molecule has 2 rings (SSSR count). The summed E-state index contributed by atoms with van der Waals surface area (Å²) in [5, 5.41) is 6.39. The van der Waals surface area contributed by atoms with Crippen LogP contribution in [0.4, 0.5) is 0 Å². The van der Waals surface area contributed by atoms with Gasteiger partial charge in [0.25, 0.3) is 11.8 Å². The van der Waals surface area contributed by atoms with E-state index in [4.69, 9.17) is 37.4 Å². The third-order valence-corrected chi connectivity index (χ3v) is 6.51. The number of ether oxygens (including phenoxy) is 3. The van der Waals surface area contributed by atoms with Crippen LogP contribution in [0.5, 0.6) is 0 Å². The van der Waals surface area contributed by atoms with Gasteiger partial charge in [0, 0.05) is 32.5 Å². The van der Waals surface area contributed by atoms with Crippen molar-refractivity contribution < 1.29 is 33.4 Å². The second kappa shape index (κ2) is 13.7. The Morgan fingerprint density at radius 1 is 0.721 bits per heavy atom. The Labute approximate surface area is 261 Å². The van der Waals surface area contributed by atoms with Gasteiger partial charge in [0.2, 0.25) is 0 Å². The van der Waals surface area contributed by atoms with Gasteiger partial charge >= 0.3 is 11.9 Å². The molecule has 2 aromatic carbocycles. The molecule has 2 N–H and O–H groups in total. The van der Waals surface area contributed by atoms with Crippen LogP contribution in [0.25, 0.3) is 36.6 Å². The standard InChI is InChI=1S/C32H38Cl2N2O7/c1-16-17(2)27(22(33)12-20(16)29(39)35-14-24(37)42-31(5,6)7)28-23(34)13-21(18(3)26(28)19(4)41-11)30(40)36-15-25(38)43-32(8,9)10/h12-13H,1-3,14-15H2,4-11H3,(H,35,39)(H,36,40)/b26-19-. The molecule has 0 bridgehead atoms. The zero-order valence-electron chi connectivity index (χ0n) is 25.8. The van der Waals surface area contributed by atoms with Crippen LogP contribution in [-0.2, 0) is 23.8 Å². The van der Waals surface area contributed by atoms with Crippen molar-refractivity contribution in [2.45, 2.75) is 59.7 Å². The summed E-state index contributed by atoms with van der Waals surface area (Å²) in [6.45, 7) is 23.5. The Hall–Kier alpha value is -3.82. The largest absolute Gasteiger partial charge is 0.501 e. The summed E-state index contributed by atoms with van der Waals surface area (Å²) in [7, 11) is 1.44. The normalized spacial score (nSPS) is 12.2. The Morgan fingerprint density at radius 2 is 1.12 bits per heavy atom. The molecular weight excluding hydrogens is 595 g/mol. The molecular formula is C32H38Cl2N2O7. The van der Waals surface area contributed by atoms with E-state index in [1.54, 1.807) is 48.5 Å². The van der Waals surface area contributed by atoms with Gasteiger partial charge in [0.05, 0.1) is 12.1 Å². The molecule has 0 spiro atoms. The molecule has 0 unspecified atom stereocenters. The molecule has 0 saturated heterocycles. The fourth-order valence-corrected chi connectivity index (χ4v) is 4.71. The summed E-state index contributed by atoms with van der Waals surface area (Å²) in [6, 6.07) is 2.79. The summed E-state index contributed by atoms with van der Waals surface area (Å²) in [5.74, 6) is -2.06. The third kappa shape index (κ3) is 9.08. The molecule has 11 heteroatoms. The van der Waals surface area contributed by atoms with Gasteiger partial charge in [-0.1, -0.05) is 42.9 Å². The van der Waals surface area contributed by atoms with Crippen LogP contribution in [0.3, 0.4) is 0 Å². The number of methoxy groups -OCH3 is 1. The maximum absolute atomic E-state index is 13.1. The molecule has 43 heavy (non-hydrogen) atoms. The minimum Gasteiger partial charge on any atom is -0.501 e. The number of carbonyl (C=O) groups is 4. The number of amides is 2. The number of benzene rings is 2. The highest BCUT2D eigenvalue weighted by Crippen LogP contribution is 2.28. The van der Waals surface area contributed by atoms with Gasteiger partial charge in [0.15, 0.2) is 0 Å². The van der Waals surface area contributed by atoms with Gasteiger partial charge in [-0.15, -0.1) is 0 Å². The summed E-state index contributed by atoms with van der Waals surface area (Å²) in [4.78, 5) is 50.3. The zero-order valence-corrected chi connectivity index (χ0v) is 27.3. The molecule has 2 aromatic rings. The minimum atomic E-state index is -0.714. The first-order valence-corrected chi connectivity index (χ1v) is 14.0. The van der Waals surface area contributed by atoms with E-state index in [9.17, 15) is 19.2 Å². The number of hydrogen-bond acceptors (Lipinski definition) is 7. The summed E-state index contributed by atoms with van der Waals surface area (Å²) < 4.78 is 16.0. The molecule has 0 heterocycles. The molecule has 2 amide bonds. The minimum absolute atomic E-state index is 0.0958. The van der Waals surface area contributed by atoms with E-state index in [2.05, 4.69) is 30.4 Å². The van der Waals surface area contributed by atoms with E-state index in [1.807, 2.05) is 0 Å². The van der Waals surface area contributed by atoms with E-state index in [0.29, 0.717) is 22.1 Å². The monoisotopic (exact) mass is 632 g/mol. The molecule has 0 saturated carbocycles. The molecule has 0 aliphatic heterocycles. The lowest BCUT2D eigenvalue weighted by atomic mass is 9.94. The maximum atomic E-state index is 13.1. The predicted octanol–water partition coefficient (Wildman–Crippen LogP) is 2.81. The number of rotatable bonds is 8. The molecule has 9 nitrogen and oxygen atoms in total.